The Balaban J connectivity index is 1.66. The molecule has 8 nitrogen and oxygen atoms in total. The summed E-state index contributed by atoms with van der Waals surface area (Å²) in [5.74, 6) is 0.161. The molecule has 35 heavy (non-hydrogen) atoms. The van der Waals surface area contributed by atoms with E-state index in [1.54, 1.807) is 37.4 Å². The SMILES string of the molecule is COc1ccc(OC)c(C2/C(=C(\O)c3ccc4c(c3)CC(C)O4)C(=O)C(=O)N2CC2CCCO2)c1. The third-order valence-electron chi connectivity index (χ3n) is 6.87. The molecule has 1 N–H and O–H groups in total. The summed E-state index contributed by atoms with van der Waals surface area (Å²) in [4.78, 5) is 28.2. The molecule has 0 aliphatic carbocycles. The molecule has 3 atom stereocenters. The molecule has 5 rings (SSSR count). The van der Waals surface area contributed by atoms with Crippen LogP contribution in [0.5, 0.6) is 17.2 Å². The number of hydrogen-bond donors (Lipinski definition) is 1. The van der Waals surface area contributed by atoms with Gasteiger partial charge in [0.2, 0.25) is 0 Å². The molecule has 0 spiro atoms. The van der Waals surface area contributed by atoms with Crippen LogP contribution in [0, 0.1) is 0 Å². The van der Waals surface area contributed by atoms with Crippen molar-refractivity contribution in [2.45, 2.75) is 44.4 Å². The van der Waals surface area contributed by atoms with Gasteiger partial charge in [-0.2, -0.15) is 0 Å². The van der Waals surface area contributed by atoms with Gasteiger partial charge in [-0.15, -0.1) is 0 Å². The fourth-order valence-corrected chi connectivity index (χ4v) is 5.18. The van der Waals surface area contributed by atoms with Gasteiger partial charge in [-0.3, -0.25) is 9.59 Å². The summed E-state index contributed by atoms with van der Waals surface area (Å²) < 4.78 is 22.6. The average molecular weight is 480 g/mol. The topological polar surface area (TPSA) is 94.5 Å². The molecule has 2 saturated heterocycles. The molecule has 2 aromatic rings. The first-order valence-electron chi connectivity index (χ1n) is 11.8. The van der Waals surface area contributed by atoms with E-state index in [0.717, 1.165) is 24.2 Å². The average Bonchev–Trinajstić information content (AvgIpc) is 3.57. The third kappa shape index (κ3) is 4.12. The van der Waals surface area contributed by atoms with Gasteiger partial charge >= 0.3 is 0 Å². The van der Waals surface area contributed by atoms with Gasteiger partial charge in [-0.05, 0) is 61.7 Å². The van der Waals surface area contributed by atoms with E-state index in [-0.39, 0.29) is 30.1 Å². The summed E-state index contributed by atoms with van der Waals surface area (Å²) in [5.41, 5.74) is 1.99. The summed E-state index contributed by atoms with van der Waals surface area (Å²) >= 11 is 0. The fraction of sp³-hybridized carbons (Fsp3) is 0.407. The Hall–Kier alpha value is -3.52. The predicted octanol–water partition coefficient (Wildman–Crippen LogP) is 3.63. The minimum Gasteiger partial charge on any atom is -0.507 e. The second-order valence-corrected chi connectivity index (χ2v) is 9.15. The summed E-state index contributed by atoms with van der Waals surface area (Å²) in [6, 6.07) is 9.68. The second kappa shape index (κ2) is 9.26. The lowest BCUT2D eigenvalue weighted by Crippen LogP contribution is -2.36. The van der Waals surface area contributed by atoms with Gasteiger partial charge in [0.1, 0.15) is 29.1 Å². The first-order chi connectivity index (χ1) is 16.9. The number of carbonyl (C=O) groups is 2. The van der Waals surface area contributed by atoms with Crippen LogP contribution >= 0.6 is 0 Å². The normalized spacial score (nSPS) is 25.0. The molecular weight excluding hydrogens is 450 g/mol. The second-order valence-electron chi connectivity index (χ2n) is 9.15. The number of Topliss-reactive ketones (excluding diaryl/α,β-unsaturated/α-hetero) is 1. The molecule has 3 aliphatic rings. The molecule has 3 aliphatic heterocycles. The molecule has 3 unspecified atom stereocenters. The number of nitrogens with zero attached hydrogens (tertiary/aromatic N) is 1. The van der Waals surface area contributed by atoms with Gasteiger partial charge in [0, 0.05) is 30.7 Å². The molecule has 2 aromatic carbocycles. The Bertz CT molecular complexity index is 1200. The van der Waals surface area contributed by atoms with Crippen LogP contribution < -0.4 is 14.2 Å². The summed E-state index contributed by atoms with van der Waals surface area (Å²) in [6.45, 7) is 2.84. The van der Waals surface area contributed by atoms with E-state index in [2.05, 4.69) is 0 Å². The van der Waals surface area contributed by atoms with Gasteiger partial charge in [0.25, 0.3) is 11.7 Å². The zero-order valence-electron chi connectivity index (χ0n) is 20.1. The Morgan fingerprint density at radius 2 is 1.97 bits per heavy atom. The number of likely N-dealkylation sites (tertiary alicyclic amines) is 1. The van der Waals surface area contributed by atoms with Gasteiger partial charge < -0.3 is 29.0 Å². The minimum atomic E-state index is -0.854. The Labute approximate surface area is 204 Å². The highest BCUT2D eigenvalue weighted by atomic mass is 16.5. The maximum absolute atomic E-state index is 13.4. The van der Waals surface area contributed by atoms with Crippen molar-refractivity contribution < 1.29 is 33.6 Å². The zero-order valence-corrected chi connectivity index (χ0v) is 20.1. The molecule has 3 heterocycles. The van der Waals surface area contributed by atoms with Crippen LogP contribution in [-0.2, 0) is 20.7 Å². The highest BCUT2D eigenvalue weighted by molar-refractivity contribution is 6.46. The third-order valence-corrected chi connectivity index (χ3v) is 6.87. The van der Waals surface area contributed by atoms with Gasteiger partial charge in [-0.25, -0.2) is 0 Å². The summed E-state index contributed by atoms with van der Waals surface area (Å²) in [7, 11) is 3.07. The maximum atomic E-state index is 13.4. The van der Waals surface area contributed by atoms with Crippen molar-refractivity contribution in [1.29, 1.82) is 0 Å². The van der Waals surface area contributed by atoms with Crippen LogP contribution in [0.3, 0.4) is 0 Å². The van der Waals surface area contributed by atoms with Crippen molar-refractivity contribution >= 4 is 17.4 Å². The number of amides is 1. The molecule has 0 saturated carbocycles. The van der Waals surface area contributed by atoms with E-state index in [9.17, 15) is 14.7 Å². The van der Waals surface area contributed by atoms with Crippen molar-refractivity contribution in [3.8, 4) is 17.2 Å². The molecule has 0 radical (unpaired) electrons. The summed E-state index contributed by atoms with van der Waals surface area (Å²) in [6.07, 6.45) is 2.27. The largest absolute Gasteiger partial charge is 0.507 e. The van der Waals surface area contributed by atoms with Crippen LogP contribution in [0.4, 0.5) is 0 Å². The molecule has 8 heteroatoms. The van der Waals surface area contributed by atoms with Crippen molar-refractivity contribution in [1.82, 2.24) is 4.90 Å². The molecular formula is C27H29NO7. The molecule has 0 aromatic heterocycles. The van der Waals surface area contributed by atoms with Crippen LogP contribution in [0.2, 0.25) is 0 Å². The van der Waals surface area contributed by atoms with E-state index in [4.69, 9.17) is 18.9 Å². The lowest BCUT2D eigenvalue weighted by atomic mass is 9.93. The Morgan fingerprint density at radius 1 is 1.14 bits per heavy atom. The standard InChI is InChI=1S/C27H29NO7/c1-15-11-17-12-16(6-8-21(17)35-15)25(29)23-24(20-13-18(32-2)7-9-22(20)33-3)28(27(31)26(23)30)14-19-5-4-10-34-19/h6-9,12-13,15,19,24,29H,4-5,10-11,14H2,1-3H3/b25-23+. The van der Waals surface area contributed by atoms with Crippen molar-refractivity contribution in [3.05, 3.63) is 58.7 Å². The van der Waals surface area contributed by atoms with Crippen LogP contribution in [0.25, 0.3) is 5.76 Å². The number of ketones is 1. The first kappa shape index (κ1) is 23.2. The van der Waals surface area contributed by atoms with Crippen molar-refractivity contribution in [3.63, 3.8) is 0 Å². The highest BCUT2D eigenvalue weighted by Gasteiger charge is 2.48. The Morgan fingerprint density at radius 3 is 2.69 bits per heavy atom. The maximum Gasteiger partial charge on any atom is 0.295 e. The van der Waals surface area contributed by atoms with E-state index in [1.807, 2.05) is 13.0 Å². The van der Waals surface area contributed by atoms with E-state index < -0.39 is 17.7 Å². The number of aliphatic hydroxyl groups is 1. The predicted molar refractivity (Wildman–Crippen MR) is 128 cm³/mol. The number of hydrogen-bond acceptors (Lipinski definition) is 7. The van der Waals surface area contributed by atoms with Crippen molar-refractivity contribution in [2.24, 2.45) is 0 Å². The number of fused-ring (bicyclic) bond motifs is 1. The van der Waals surface area contributed by atoms with Gasteiger partial charge in [0.05, 0.1) is 31.9 Å². The smallest absolute Gasteiger partial charge is 0.295 e. The monoisotopic (exact) mass is 479 g/mol. The number of rotatable bonds is 6. The Kier molecular flexibility index (Phi) is 6.15. The van der Waals surface area contributed by atoms with Crippen LogP contribution in [-0.4, -0.2) is 61.3 Å². The number of ether oxygens (including phenoxy) is 4. The number of methoxy groups -OCH3 is 2. The number of aliphatic hydroxyl groups excluding tert-OH is 1. The number of benzene rings is 2. The lowest BCUT2D eigenvalue weighted by molar-refractivity contribution is -0.140. The van der Waals surface area contributed by atoms with Crippen molar-refractivity contribution in [2.75, 3.05) is 27.4 Å². The first-order valence-corrected chi connectivity index (χ1v) is 11.8. The highest BCUT2D eigenvalue weighted by Crippen LogP contribution is 2.45. The molecule has 0 bridgehead atoms. The fourth-order valence-electron chi connectivity index (χ4n) is 5.18. The zero-order chi connectivity index (χ0) is 24.7. The minimum absolute atomic E-state index is 0.0199. The lowest BCUT2D eigenvalue weighted by Gasteiger charge is -2.28. The molecule has 2 fully saturated rings. The van der Waals surface area contributed by atoms with Gasteiger partial charge in [-0.1, -0.05) is 0 Å². The van der Waals surface area contributed by atoms with Crippen LogP contribution in [0.1, 0.15) is 42.5 Å². The van der Waals surface area contributed by atoms with E-state index >= 15 is 0 Å². The van der Waals surface area contributed by atoms with E-state index in [1.165, 1.54) is 12.0 Å². The summed E-state index contributed by atoms with van der Waals surface area (Å²) in [5, 5.41) is 11.4. The quantitative estimate of drug-likeness (QED) is 0.384. The molecule has 1 amide bonds. The molecule has 184 valence electrons. The van der Waals surface area contributed by atoms with Crippen LogP contribution in [0.15, 0.2) is 42.0 Å². The van der Waals surface area contributed by atoms with Gasteiger partial charge in [0.15, 0.2) is 0 Å². The van der Waals surface area contributed by atoms with E-state index in [0.29, 0.717) is 35.7 Å². The number of carbonyl (C=O) groups excluding carboxylic acids is 2.